The summed E-state index contributed by atoms with van der Waals surface area (Å²) >= 11 is 2.28. The first-order chi connectivity index (χ1) is 12.1. The minimum Gasteiger partial charge on any atom is -0.322 e. The first-order valence-corrected chi connectivity index (χ1v) is 9.41. The lowest BCUT2D eigenvalue weighted by Crippen LogP contribution is -2.15. The summed E-state index contributed by atoms with van der Waals surface area (Å²) in [5, 5.41) is 3.05. The minimum absolute atomic E-state index is 0.0482. The van der Waals surface area contributed by atoms with Gasteiger partial charge in [-0.25, -0.2) is 0 Å². The number of hydrogen-bond donors (Lipinski definition) is 1. The fourth-order valence-electron chi connectivity index (χ4n) is 2.84. The molecule has 0 aliphatic heterocycles. The van der Waals surface area contributed by atoms with Crippen molar-refractivity contribution in [2.24, 2.45) is 0 Å². The van der Waals surface area contributed by atoms with Crippen molar-refractivity contribution in [1.82, 2.24) is 0 Å². The van der Waals surface area contributed by atoms with Gasteiger partial charge in [0.2, 0.25) is 0 Å². The molecule has 0 radical (unpaired) electrons. The standard InChI is InChI=1S/C22H20INO/c1-16-15-19(23)13-14-21(16)24-22(25)20-10-6-5-9-18(20)12-11-17-7-3-2-4-8-17/h2-10,13-15H,11-12H2,1H3,(H,24,25). The number of carbonyl (C=O) groups is 1. The molecule has 126 valence electrons. The first kappa shape index (κ1) is 17.7. The Hall–Kier alpha value is -2.14. The smallest absolute Gasteiger partial charge is 0.255 e. The first-order valence-electron chi connectivity index (χ1n) is 8.33. The van der Waals surface area contributed by atoms with E-state index in [-0.39, 0.29) is 5.91 Å². The van der Waals surface area contributed by atoms with Gasteiger partial charge in [-0.1, -0.05) is 48.5 Å². The molecule has 0 aromatic heterocycles. The molecule has 0 aliphatic rings. The third kappa shape index (κ3) is 4.69. The summed E-state index contributed by atoms with van der Waals surface area (Å²) in [5.74, 6) is -0.0482. The molecule has 0 bridgehead atoms. The summed E-state index contributed by atoms with van der Waals surface area (Å²) in [5.41, 5.74) is 5.04. The van der Waals surface area contributed by atoms with E-state index >= 15 is 0 Å². The number of aryl methyl sites for hydroxylation is 3. The number of halogens is 1. The summed E-state index contributed by atoms with van der Waals surface area (Å²) in [4.78, 5) is 12.8. The maximum Gasteiger partial charge on any atom is 0.255 e. The average Bonchev–Trinajstić information content (AvgIpc) is 2.63. The molecule has 1 amide bonds. The van der Waals surface area contributed by atoms with Crippen molar-refractivity contribution in [1.29, 1.82) is 0 Å². The van der Waals surface area contributed by atoms with Gasteiger partial charge < -0.3 is 5.32 Å². The fraction of sp³-hybridized carbons (Fsp3) is 0.136. The lowest BCUT2D eigenvalue weighted by molar-refractivity contribution is 0.102. The van der Waals surface area contributed by atoms with Gasteiger partial charge in [0.05, 0.1) is 0 Å². The van der Waals surface area contributed by atoms with Crippen LogP contribution in [0.5, 0.6) is 0 Å². The van der Waals surface area contributed by atoms with Crippen LogP contribution in [0, 0.1) is 10.5 Å². The third-order valence-electron chi connectivity index (χ3n) is 4.22. The van der Waals surface area contributed by atoms with Crippen molar-refractivity contribution in [3.05, 3.63) is 98.6 Å². The zero-order chi connectivity index (χ0) is 17.6. The second kappa shape index (κ2) is 8.30. The number of nitrogens with one attached hydrogen (secondary N) is 1. The molecule has 1 N–H and O–H groups in total. The average molecular weight is 441 g/mol. The second-order valence-electron chi connectivity index (χ2n) is 6.06. The molecule has 3 aromatic carbocycles. The van der Waals surface area contributed by atoms with E-state index in [1.807, 2.05) is 61.5 Å². The number of amides is 1. The van der Waals surface area contributed by atoms with E-state index in [1.54, 1.807) is 0 Å². The predicted molar refractivity (Wildman–Crippen MR) is 112 cm³/mol. The Bertz CT molecular complexity index is 874. The van der Waals surface area contributed by atoms with Gasteiger partial charge in [0.15, 0.2) is 0 Å². The van der Waals surface area contributed by atoms with Crippen molar-refractivity contribution < 1.29 is 4.79 Å². The van der Waals surface area contributed by atoms with Crippen LogP contribution in [0.2, 0.25) is 0 Å². The topological polar surface area (TPSA) is 29.1 Å². The van der Waals surface area contributed by atoms with Crippen LogP contribution in [0.15, 0.2) is 72.8 Å². The van der Waals surface area contributed by atoms with E-state index in [0.717, 1.165) is 38.8 Å². The third-order valence-corrected chi connectivity index (χ3v) is 4.90. The van der Waals surface area contributed by atoms with E-state index < -0.39 is 0 Å². The van der Waals surface area contributed by atoms with Crippen molar-refractivity contribution in [2.45, 2.75) is 19.8 Å². The summed E-state index contributed by atoms with van der Waals surface area (Å²) < 4.78 is 1.16. The monoisotopic (exact) mass is 441 g/mol. The van der Waals surface area contributed by atoms with Gasteiger partial charge >= 0.3 is 0 Å². The lowest BCUT2D eigenvalue weighted by atomic mass is 9.99. The van der Waals surface area contributed by atoms with Gasteiger partial charge in [0.25, 0.3) is 5.91 Å². The highest BCUT2D eigenvalue weighted by Crippen LogP contribution is 2.20. The maximum atomic E-state index is 12.8. The van der Waals surface area contributed by atoms with E-state index in [0.29, 0.717) is 0 Å². The highest BCUT2D eigenvalue weighted by Gasteiger charge is 2.12. The number of carbonyl (C=O) groups excluding carboxylic acids is 1. The summed E-state index contributed by atoms with van der Waals surface area (Å²) in [6, 6.07) is 24.2. The van der Waals surface area contributed by atoms with Gasteiger partial charge in [-0.3, -0.25) is 4.79 Å². The Morgan fingerprint density at radius 2 is 1.64 bits per heavy atom. The maximum absolute atomic E-state index is 12.8. The molecule has 3 heteroatoms. The van der Waals surface area contributed by atoms with Crippen LogP contribution in [0.25, 0.3) is 0 Å². The zero-order valence-electron chi connectivity index (χ0n) is 14.1. The molecule has 0 fully saturated rings. The molecule has 0 saturated carbocycles. The largest absolute Gasteiger partial charge is 0.322 e. The van der Waals surface area contributed by atoms with E-state index in [2.05, 4.69) is 46.1 Å². The normalized spacial score (nSPS) is 10.5. The highest BCUT2D eigenvalue weighted by molar-refractivity contribution is 14.1. The molecule has 0 saturated heterocycles. The molecule has 2 nitrogen and oxygen atoms in total. The molecular weight excluding hydrogens is 421 g/mol. The molecule has 0 spiro atoms. The minimum atomic E-state index is -0.0482. The van der Waals surface area contributed by atoms with Crippen LogP contribution < -0.4 is 5.32 Å². The number of hydrogen-bond acceptors (Lipinski definition) is 1. The zero-order valence-corrected chi connectivity index (χ0v) is 16.3. The number of anilines is 1. The van der Waals surface area contributed by atoms with Crippen LogP contribution in [-0.4, -0.2) is 5.91 Å². The van der Waals surface area contributed by atoms with Gasteiger partial charge in [-0.05, 0) is 83.3 Å². The van der Waals surface area contributed by atoms with Gasteiger partial charge in [0.1, 0.15) is 0 Å². The molecule has 0 aliphatic carbocycles. The van der Waals surface area contributed by atoms with Crippen LogP contribution in [-0.2, 0) is 12.8 Å². The number of rotatable bonds is 5. The van der Waals surface area contributed by atoms with Crippen molar-refractivity contribution in [3.63, 3.8) is 0 Å². The Balaban J connectivity index is 1.76. The van der Waals surface area contributed by atoms with Crippen LogP contribution in [0.3, 0.4) is 0 Å². The van der Waals surface area contributed by atoms with Gasteiger partial charge in [-0.15, -0.1) is 0 Å². The molecule has 0 unspecified atom stereocenters. The second-order valence-corrected chi connectivity index (χ2v) is 7.30. The van der Waals surface area contributed by atoms with Crippen molar-refractivity contribution in [3.8, 4) is 0 Å². The molecule has 3 aromatic rings. The van der Waals surface area contributed by atoms with Crippen molar-refractivity contribution >= 4 is 34.2 Å². The van der Waals surface area contributed by atoms with Crippen LogP contribution >= 0.6 is 22.6 Å². The van der Waals surface area contributed by atoms with Crippen LogP contribution in [0.4, 0.5) is 5.69 Å². The Morgan fingerprint density at radius 3 is 2.40 bits per heavy atom. The van der Waals surface area contributed by atoms with E-state index in [9.17, 15) is 4.79 Å². The molecule has 3 rings (SSSR count). The summed E-state index contributed by atoms with van der Waals surface area (Å²) in [6.07, 6.45) is 1.77. The van der Waals surface area contributed by atoms with Gasteiger partial charge in [0, 0.05) is 14.8 Å². The molecular formula is C22H20INO. The highest BCUT2D eigenvalue weighted by atomic mass is 127. The summed E-state index contributed by atoms with van der Waals surface area (Å²) in [7, 11) is 0. The quantitative estimate of drug-likeness (QED) is 0.511. The fourth-order valence-corrected chi connectivity index (χ4v) is 3.49. The molecule has 0 atom stereocenters. The lowest BCUT2D eigenvalue weighted by Gasteiger charge is -2.12. The Labute approximate surface area is 162 Å². The Kier molecular flexibility index (Phi) is 5.87. The SMILES string of the molecule is Cc1cc(I)ccc1NC(=O)c1ccccc1CCc1ccccc1. The Morgan fingerprint density at radius 1 is 0.920 bits per heavy atom. The van der Waals surface area contributed by atoms with Crippen molar-refractivity contribution in [2.75, 3.05) is 5.32 Å². The van der Waals surface area contributed by atoms with E-state index in [4.69, 9.17) is 0 Å². The van der Waals surface area contributed by atoms with Crippen LogP contribution in [0.1, 0.15) is 27.0 Å². The predicted octanol–water partition coefficient (Wildman–Crippen LogP) is 5.64. The summed E-state index contributed by atoms with van der Waals surface area (Å²) in [6.45, 7) is 2.01. The van der Waals surface area contributed by atoms with E-state index in [1.165, 1.54) is 5.56 Å². The molecule has 25 heavy (non-hydrogen) atoms. The number of benzene rings is 3. The molecule has 0 heterocycles. The van der Waals surface area contributed by atoms with Gasteiger partial charge in [-0.2, -0.15) is 0 Å².